The molecule has 2 aromatic carbocycles. The molecule has 0 aliphatic heterocycles. The van der Waals surface area contributed by atoms with Crippen LogP contribution >= 0.6 is 11.8 Å². The van der Waals surface area contributed by atoms with Crippen molar-refractivity contribution in [3.05, 3.63) is 79.1 Å². The minimum atomic E-state index is -1.15. The Balaban J connectivity index is 1.52. The van der Waals surface area contributed by atoms with E-state index in [1.807, 2.05) is 30.5 Å². The van der Waals surface area contributed by atoms with Crippen LogP contribution in [0, 0.1) is 0 Å². The van der Waals surface area contributed by atoms with Gasteiger partial charge in [0, 0.05) is 30.4 Å². The number of hydrogen-bond acceptors (Lipinski definition) is 5. The molecule has 2 heterocycles. The second-order valence-corrected chi connectivity index (χ2v) is 8.38. The van der Waals surface area contributed by atoms with Crippen molar-refractivity contribution in [2.45, 2.75) is 6.42 Å². The number of nitrogens with zero attached hydrogens (tertiary/aromatic N) is 3. The lowest BCUT2D eigenvalue weighted by atomic mass is 10.2. The molecule has 2 amide bonds. The third-order valence-electron chi connectivity index (χ3n) is 5.07. The predicted octanol–water partition coefficient (Wildman–Crippen LogP) is 5.96. The molecule has 2 aromatic heterocycles. The van der Waals surface area contributed by atoms with Gasteiger partial charge in [-0.15, -0.1) is 0 Å². The Morgan fingerprint density at radius 2 is 1.88 bits per heavy atom. The van der Waals surface area contributed by atoms with E-state index in [2.05, 4.69) is 10.3 Å². The van der Waals surface area contributed by atoms with Crippen LogP contribution in [0.15, 0.2) is 79.1 Å². The van der Waals surface area contributed by atoms with Gasteiger partial charge in [0.05, 0.1) is 11.2 Å². The highest BCUT2D eigenvalue weighted by molar-refractivity contribution is 7.98. The van der Waals surface area contributed by atoms with Crippen LogP contribution in [-0.2, 0) is 0 Å². The second kappa shape index (κ2) is 10.8. The van der Waals surface area contributed by atoms with Gasteiger partial charge < -0.3 is 15.2 Å². The molecule has 9 heteroatoms. The Hall–Kier alpha value is -3.98. The first kappa shape index (κ1) is 23.2. The highest BCUT2D eigenvalue weighted by Crippen LogP contribution is 2.30. The molecular formula is C25H24N4O4S. The van der Waals surface area contributed by atoms with Gasteiger partial charge in [0.2, 0.25) is 0 Å². The van der Waals surface area contributed by atoms with Gasteiger partial charge in [-0.3, -0.25) is 4.57 Å². The monoisotopic (exact) mass is 476 g/mol. The van der Waals surface area contributed by atoms with E-state index in [0.29, 0.717) is 23.7 Å². The van der Waals surface area contributed by atoms with Crippen molar-refractivity contribution in [2.24, 2.45) is 0 Å². The molecule has 2 N–H and O–H groups in total. The van der Waals surface area contributed by atoms with Gasteiger partial charge in [-0.25, -0.2) is 19.5 Å². The zero-order valence-corrected chi connectivity index (χ0v) is 19.4. The van der Waals surface area contributed by atoms with Gasteiger partial charge in [0.1, 0.15) is 17.3 Å². The average molecular weight is 477 g/mol. The number of carbonyl (C=O) groups is 2. The molecule has 34 heavy (non-hydrogen) atoms. The quantitative estimate of drug-likeness (QED) is 0.305. The van der Waals surface area contributed by atoms with Crippen LogP contribution in [-0.4, -0.2) is 45.3 Å². The number of fused-ring (bicyclic) bond motifs is 1. The number of amides is 2. The zero-order chi connectivity index (χ0) is 23.9. The van der Waals surface area contributed by atoms with E-state index < -0.39 is 6.09 Å². The van der Waals surface area contributed by atoms with Crippen LogP contribution in [0.4, 0.5) is 21.1 Å². The minimum absolute atomic E-state index is 0.168. The van der Waals surface area contributed by atoms with Crippen LogP contribution < -0.4 is 15.0 Å². The number of hydrogen-bond donors (Lipinski definition) is 2. The highest BCUT2D eigenvalue weighted by atomic mass is 32.2. The van der Waals surface area contributed by atoms with Crippen LogP contribution in [0.5, 0.6) is 11.5 Å². The highest BCUT2D eigenvalue weighted by Gasteiger charge is 2.19. The number of benzene rings is 2. The smallest absolute Gasteiger partial charge is 0.417 e. The molecule has 0 radical (unpaired) electrons. The molecule has 0 spiro atoms. The van der Waals surface area contributed by atoms with E-state index >= 15 is 0 Å². The number of nitrogens with one attached hydrogen (secondary N) is 1. The molecule has 0 aliphatic rings. The number of thioether (sulfide) groups is 1. The van der Waals surface area contributed by atoms with E-state index in [-0.39, 0.29) is 11.8 Å². The Bertz CT molecular complexity index is 1290. The number of ether oxygens (including phenoxy) is 1. The van der Waals surface area contributed by atoms with Crippen molar-refractivity contribution >= 4 is 46.3 Å². The average Bonchev–Trinajstić information content (AvgIpc) is 3.26. The van der Waals surface area contributed by atoms with Gasteiger partial charge in [-0.2, -0.15) is 11.8 Å². The number of pyridine rings is 1. The van der Waals surface area contributed by atoms with Crippen molar-refractivity contribution < 1.29 is 19.4 Å². The van der Waals surface area contributed by atoms with E-state index in [4.69, 9.17) is 4.74 Å². The van der Waals surface area contributed by atoms with Crippen molar-refractivity contribution in [1.82, 2.24) is 14.9 Å². The molecule has 0 fully saturated rings. The molecular weight excluding hydrogens is 452 g/mol. The summed E-state index contributed by atoms with van der Waals surface area (Å²) < 4.78 is 7.56. The zero-order valence-electron chi connectivity index (χ0n) is 18.5. The number of carbonyl (C=O) groups excluding carboxylic acids is 1. The van der Waals surface area contributed by atoms with Gasteiger partial charge >= 0.3 is 12.1 Å². The summed E-state index contributed by atoms with van der Waals surface area (Å²) in [5.74, 6) is 2.23. The lowest BCUT2D eigenvalue weighted by Crippen LogP contribution is -2.29. The summed E-state index contributed by atoms with van der Waals surface area (Å²) in [7, 11) is 0. The summed E-state index contributed by atoms with van der Waals surface area (Å²) in [4.78, 5) is 29.7. The number of carboxylic acid groups (broad SMARTS) is 1. The maximum Gasteiger partial charge on any atom is 0.417 e. The molecule has 0 bridgehead atoms. The second-order valence-electron chi connectivity index (χ2n) is 7.39. The third kappa shape index (κ3) is 5.32. The first-order valence-corrected chi connectivity index (χ1v) is 12.1. The topological polar surface area (TPSA) is 96.7 Å². The van der Waals surface area contributed by atoms with Crippen molar-refractivity contribution in [3.63, 3.8) is 0 Å². The van der Waals surface area contributed by atoms with Gasteiger partial charge in [-0.05, 0) is 60.9 Å². The molecule has 4 rings (SSSR count). The SMILES string of the molecule is CSCCCNC(=O)n1ccc2cc(Oc3ccnc(N(C(=O)O)c4ccccc4)c3)ccc21. The molecule has 0 saturated heterocycles. The fraction of sp³-hybridized carbons (Fsp3) is 0.160. The Morgan fingerprint density at radius 1 is 1.09 bits per heavy atom. The van der Waals surface area contributed by atoms with E-state index in [1.165, 1.54) is 6.20 Å². The maximum absolute atomic E-state index is 12.5. The summed E-state index contributed by atoms with van der Waals surface area (Å²) in [5.41, 5.74) is 1.25. The number of anilines is 2. The number of rotatable bonds is 8. The first-order chi connectivity index (χ1) is 16.6. The van der Waals surface area contributed by atoms with E-state index in [0.717, 1.165) is 28.0 Å². The Kier molecular flexibility index (Phi) is 7.34. The van der Waals surface area contributed by atoms with Gasteiger partial charge in [-0.1, -0.05) is 18.2 Å². The summed E-state index contributed by atoms with van der Waals surface area (Å²) in [6, 6.07) is 19.1. The fourth-order valence-electron chi connectivity index (χ4n) is 3.50. The molecule has 0 atom stereocenters. The van der Waals surface area contributed by atoms with E-state index in [9.17, 15) is 14.7 Å². The molecule has 8 nitrogen and oxygen atoms in total. The van der Waals surface area contributed by atoms with Crippen LogP contribution in [0.2, 0.25) is 0 Å². The van der Waals surface area contributed by atoms with Crippen LogP contribution in [0.3, 0.4) is 0 Å². The number of para-hydroxylation sites is 1. The molecule has 0 saturated carbocycles. The lowest BCUT2D eigenvalue weighted by Gasteiger charge is -2.18. The van der Waals surface area contributed by atoms with Crippen LogP contribution in [0.25, 0.3) is 10.9 Å². The standard InChI is InChI=1S/C25H24N4O4S/c1-34-15-5-12-27-24(30)28-14-11-18-16-20(8-9-22(18)28)33-21-10-13-26-23(17-21)29(25(31)32)19-6-3-2-4-7-19/h2-4,6-11,13-14,16-17H,5,12,15H2,1H3,(H,27,30)(H,31,32). The third-order valence-corrected chi connectivity index (χ3v) is 5.77. The van der Waals surface area contributed by atoms with Crippen LogP contribution in [0.1, 0.15) is 6.42 Å². The van der Waals surface area contributed by atoms with Gasteiger partial charge in [0.15, 0.2) is 0 Å². The van der Waals surface area contributed by atoms with Crippen molar-refractivity contribution in [2.75, 3.05) is 23.5 Å². The maximum atomic E-state index is 12.5. The molecule has 0 aliphatic carbocycles. The summed E-state index contributed by atoms with van der Waals surface area (Å²) >= 11 is 1.75. The summed E-state index contributed by atoms with van der Waals surface area (Å²) in [5, 5.41) is 13.5. The lowest BCUT2D eigenvalue weighted by molar-refractivity contribution is 0.204. The minimum Gasteiger partial charge on any atom is -0.464 e. The number of aromatic nitrogens is 2. The molecule has 174 valence electrons. The van der Waals surface area contributed by atoms with Crippen molar-refractivity contribution in [1.29, 1.82) is 0 Å². The van der Waals surface area contributed by atoms with E-state index in [1.54, 1.807) is 65.0 Å². The summed E-state index contributed by atoms with van der Waals surface area (Å²) in [6.07, 6.45) is 5.04. The van der Waals surface area contributed by atoms with Crippen molar-refractivity contribution in [3.8, 4) is 11.5 Å². The predicted molar refractivity (Wildman–Crippen MR) is 135 cm³/mol. The fourth-order valence-corrected chi connectivity index (χ4v) is 3.93. The summed E-state index contributed by atoms with van der Waals surface area (Å²) in [6.45, 7) is 0.626. The first-order valence-electron chi connectivity index (χ1n) is 10.7. The molecule has 0 unspecified atom stereocenters. The Morgan fingerprint density at radius 3 is 2.65 bits per heavy atom. The Labute approximate surface area is 201 Å². The van der Waals surface area contributed by atoms with Gasteiger partial charge in [0.25, 0.3) is 0 Å². The molecule has 4 aromatic rings. The largest absolute Gasteiger partial charge is 0.464 e. The normalized spacial score (nSPS) is 10.7.